The van der Waals surface area contributed by atoms with E-state index in [1.165, 1.54) is 6.20 Å². The molecule has 0 radical (unpaired) electrons. The predicted molar refractivity (Wildman–Crippen MR) is 58.8 cm³/mol. The monoisotopic (exact) mass is 225 g/mol. The fourth-order valence-electron chi connectivity index (χ4n) is 1.20. The van der Waals surface area contributed by atoms with Gasteiger partial charge >= 0.3 is 5.97 Å². The molecule has 0 aromatic carbocycles. The van der Waals surface area contributed by atoms with Crippen molar-refractivity contribution in [3.05, 3.63) is 18.1 Å². The second-order valence-corrected chi connectivity index (χ2v) is 3.34. The van der Waals surface area contributed by atoms with Crippen LogP contribution in [0.3, 0.4) is 0 Å². The van der Waals surface area contributed by atoms with Crippen LogP contribution < -0.4 is 4.90 Å². The van der Waals surface area contributed by atoms with Gasteiger partial charge in [-0.1, -0.05) is 0 Å². The first kappa shape index (κ1) is 12.4. The lowest BCUT2D eigenvalue weighted by atomic mass is 10.4. The molecule has 1 aromatic rings. The Morgan fingerprint density at radius 3 is 2.94 bits per heavy atom. The van der Waals surface area contributed by atoms with Gasteiger partial charge in [-0.15, -0.1) is 0 Å². The first-order chi connectivity index (χ1) is 7.65. The second kappa shape index (κ2) is 6.02. The van der Waals surface area contributed by atoms with E-state index in [0.29, 0.717) is 12.4 Å². The Balaban J connectivity index is 2.64. The van der Waals surface area contributed by atoms with E-state index in [1.807, 2.05) is 11.9 Å². The number of anilines is 1. The Morgan fingerprint density at radius 1 is 1.56 bits per heavy atom. The maximum atomic E-state index is 10.7. The van der Waals surface area contributed by atoms with Crippen LogP contribution >= 0.6 is 0 Å². The van der Waals surface area contributed by atoms with Gasteiger partial charge in [0.15, 0.2) is 5.69 Å². The van der Waals surface area contributed by atoms with Crippen LogP contribution in [0.2, 0.25) is 0 Å². The SMILES string of the molecule is COCCCN(C)c1cncc(C(=O)O)n1. The molecule has 1 rings (SSSR count). The van der Waals surface area contributed by atoms with Gasteiger partial charge in [-0.25, -0.2) is 9.78 Å². The van der Waals surface area contributed by atoms with Crippen LogP contribution in [0.1, 0.15) is 16.9 Å². The highest BCUT2D eigenvalue weighted by molar-refractivity contribution is 5.85. The molecule has 88 valence electrons. The van der Waals surface area contributed by atoms with Gasteiger partial charge in [0, 0.05) is 27.3 Å². The van der Waals surface area contributed by atoms with Gasteiger partial charge in [0.2, 0.25) is 0 Å². The lowest BCUT2D eigenvalue weighted by Crippen LogP contribution is -2.21. The number of hydrogen-bond donors (Lipinski definition) is 1. The molecule has 16 heavy (non-hydrogen) atoms. The highest BCUT2D eigenvalue weighted by Gasteiger charge is 2.08. The normalized spacial score (nSPS) is 10.1. The summed E-state index contributed by atoms with van der Waals surface area (Å²) in [6, 6.07) is 0. The summed E-state index contributed by atoms with van der Waals surface area (Å²) in [6.07, 6.45) is 3.63. The molecule has 0 bridgehead atoms. The molecular formula is C10H15N3O3. The predicted octanol–water partition coefficient (Wildman–Crippen LogP) is 0.647. The zero-order chi connectivity index (χ0) is 12.0. The minimum atomic E-state index is -1.07. The van der Waals surface area contributed by atoms with E-state index in [2.05, 4.69) is 9.97 Å². The maximum Gasteiger partial charge on any atom is 0.356 e. The summed E-state index contributed by atoms with van der Waals surface area (Å²) < 4.78 is 4.93. The van der Waals surface area contributed by atoms with Crippen LogP contribution in [0.15, 0.2) is 12.4 Å². The first-order valence-corrected chi connectivity index (χ1v) is 4.90. The van der Waals surface area contributed by atoms with E-state index in [9.17, 15) is 4.79 Å². The third-order valence-electron chi connectivity index (χ3n) is 2.07. The molecule has 0 aliphatic heterocycles. The van der Waals surface area contributed by atoms with Crippen molar-refractivity contribution in [2.75, 3.05) is 32.2 Å². The number of hydrogen-bond acceptors (Lipinski definition) is 5. The Labute approximate surface area is 93.9 Å². The molecule has 0 fully saturated rings. The smallest absolute Gasteiger partial charge is 0.356 e. The topological polar surface area (TPSA) is 75.5 Å². The highest BCUT2D eigenvalue weighted by atomic mass is 16.5. The molecule has 0 amide bonds. The Kier molecular flexibility index (Phi) is 4.65. The zero-order valence-electron chi connectivity index (χ0n) is 9.38. The number of carboxylic acids is 1. The Bertz CT molecular complexity index is 357. The van der Waals surface area contributed by atoms with Crippen LogP contribution in [-0.2, 0) is 4.74 Å². The van der Waals surface area contributed by atoms with Crippen LogP contribution in [0, 0.1) is 0 Å². The summed E-state index contributed by atoms with van der Waals surface area (Å²) >= 11 is 0. The molecule has 6 heteroatoms. The average molecular weight is 225 g/mol. The van der Waals surface area contributed by atoms with E-state index in [1.54, 1.807) is 13.3 Å². The number of aromatic nitrogens is 2. The Morgan fingerprint density at radius 2 is 2.31 bits per heavy atom. The minimum absolute atomic E-state index is 0.0453. The molecule has 1 aromatic heterocycles. The number of ether oxygens (including phenoxy) is 1. The van der Waals surface area contributed by atoms with Crippen LogP contribution in [0.5, 0.6) is 0 Å². The molecule has 0 saturated heterocycles. The van der Waals surface area contributed by atoms with E-state index in [4.69, 9.17) is 9.84 Å². The molecule has 6 nitrogen and oxygen atoms in total. The summed E-state index contributed by atoms with van der Waals surface area (Å²) in [7, 11) is 3.48. The van der Waals surface area contributed by atoms with Crippen molar-refractivity contribution in [3.63, 3.8) is 0 Å². The lowest BCUT2D eigenvalue weighted by Gasteiger charge is -2.17. The summed E-state index contributed by atoms with van der Waals surface area (Å²) in [5, 5.41) is 8.76. The van der Waals surface area contributed by atoms with Crippen molar-refractivity contribution < 1.29 is 14.6 Å². The van der Waals surface area contributed by atoms with E-state index < -0.39 is 5.97 Å². The summed E-state index contributed by atoms with van der Waals surface area (Å²) in [6.45, 7) is 1.40. The van der Waals surface area contributed by atoms with Crippen molar-refractivity contribution in [3.8, 4) is 0 Å². The molecule has 0 saturated carbocycles. The number of aromatic carboxylic acids is 1. The van der Waals surface area contributed by atoms with Crippen molar-refractivity contribution in [1.29, 1.82) is 0 Å². The van der Waals surface area contributed by atoms with Crippen LogP contribution in [-0.4, -0.2) is 48.4 Å². The van der Waals surface area contributed by atoms with Gasteiger partial charge in [-0.05, 0) is 6.42 Å². The van der Waals surface area contributed by atoms with Gasteiger partial charge in [0.1, 0.15) is 5.82 Å². The fourth-order valence-corrected chi connectivity index (χ4v) is 1.20. The van der Waals surface area contributed by atoms with E-state index >= 15 is 0 Å². The summed E-state index contributed by atoms with van der Waals surface area (Å²) in [4.78, 5) is 20.4. The molecule has 0 atom stereocenters. The Hall–Kier alpha value is -1.69. The van der Waals surface area contributed by atoms with E-state index in [0.717, 1.165) is 13.0 Å². The average Bonchev–Trinajstić information content (AvgIpc) is 2.29. The number of carbonyl (C=O) groups is 1. The molecule has 0 spiro atoms. The van der Waals surface area contributed by atoms with Crippen LogP contribution in [0.4, 0.5) is 5.82 Å². The summed E-state index contributed by atoms with van der Waals surface area (Å²) in [5.41, 5.74) is -0.0453. The molecule has 0 aliphatic carbocycles. The van der Waals surface area contributed by atoms with Gasteiger partial charge in [-0.3, -0.25) is 4.98 Å². The standard InChI is InChI=1S/C10H15N3O3/c1-13(4-3-5-16-2)9-7-11-6-8(12-9)10(14)15/h6-7H,3-5H2,1-2H3,(H,14,15). The first-order valence-electron chi connectivity index (χ1n) is 4.90. The largest absolute Gasteiger partial charge is 0.476 e. The molecular weight excluding hydrogens is 210 g/mol. The number of carboxylic acid groups (broad SMARTS) is 1. The maximum absolute atomic E-state index is 10.7. The van der Waals surface area contributed by atoms with Crippen molar-refractivity contribution in [1.82, 2.24) is 9.97 Å². The highest BCUT2D eigenvalue weighted by Crippen LogP contribution is 2.07. The zero-order valence-corrected chi connectivity index (χ0v) is 9.38. The van der Waals surface area contributed by atoms with Crippen LogP contribution in [0.25, 0.3) is 0 Å². The van der Waals surface area contributed by atoms with Crippen molar-refractivity contribution >= 4 is 11.8 Å². The third kappa shape index (κ3) is 3.47. The number of nitrogens with zero attached hydrogens (tertiary/aromatic N) is 3. The quantitative estimate of drug-likeness (QED) is 0.716. The molecule has 1 N–H and O–H groups in total. The third-order valence-corrected chi connectivity index (χ3v) is 2.07. The van der Waals surface area contributed by atoms with Crippen molar-refractivity contribution in [2.45, 2.75) is 6.42 Å². The van der Waals surface area contributed by atoms with Gasteiger partial charge < -0.3 is 14.7 Å². The molecule has 1 heterocycles. The number of methoxy groups -OCH3 is 1. The second-order valence-electron chi connectivity index (χ2n) is 3.34. The molecule has 0 aliphatic rings. The molecule has 0 unspecified atom stereocenters. The minimum Gasteiger partial charge on any atom is -0.476 e. The van der Waals surface area contributed by atoms with E-state index in [-0.39, 0.29) is 5.69 Å². The summed E-state index contributed by atoms with van der Waals surface area (Å²) in [5.74, 6) is -0.518. The van der Waals surface area contributed by atoms with Gasteiger partial charge in [0.05, 0.1) is 12.4 Å². The lowest BCUT2D eigenvalue weighted by molar-refractivity contribution is 0.0690. The number of rotatable bonds is 6. The van der Waals surface area contributed by atoms with Crippen molar-refractivity contribution in [2.24, 2.45) is 0 Å². The fraction of sp³-hybridized carbons (Fsp3) is 0.500. The van der Waals surface area contributed by atoms with Gasteiger partial charge in [0.25, 0.3) is 0 Å². The van der Waals surface area contributed by atoms with Gasteiger partial charge in [-0.2, -0.15) is 0 Å².